The Morgan fingerprint density at radius 3 is 0.913 bits per heavy atom. The van der Waals surface area contributed by atoms with E-state index in [1.165, 1.54) is 16.7 Å². The van der Waals surface area contributed by atoms with Crippen LogP contribution in [0.2, 0.25) is 0 Å². The summed E-state index contributed by atoms with van der Waals surface area (Å²) in [5, 5.41) is 0. The monoisotopic (exact) mass is 498 g/mol. The zero-order valence-electron chi connectivity index (χ0n) is 13.8. The second kappa shape index (κ2) is 6.45. The molecule has 3 rings (SSSR count). The summed E-state index contributed by atoms with van der Waals surface area (Å²) in [6, 6.07) is 24.6. The molecule has 0 aliphatic heterocycles. The summed E-state index contributed by atoms with van der Waals surface area (Å²) in [6.45, 7) is 6.18. The molecule has 23 heavy (non-hydrogen) atoms. The molecule has 0 saturated heterocycles. The number of hydrogen-bond acceptors (Lipinski definition) is 1. The summed E-state index contributed by atoms with van der Waals surface area (Å²) in [5.74, 6) is 0. The topological polar surface area (TPSA) is 17.1 Å². The Hall–Kier alpha value is -1.66. The first kappa shape index (κ1) is 16.2. The van der Waals surface area contributed by atoms with Crippen molar-refractivity contribution in [1.29, 1.82) is 0 Å². The van der Waals surface area contributed by atoms with E-state index >= 15 is 0 Å². The van der Waals surface area contributed by atoms with Gasteiger partial charge in [0, 0.05) is 0 Å². The molecule has 0 radical (unpaired) electrons. The average Bonchev–Trinajstić information content (AvgIpc) is 2.56. The van der Waals surface area contributed by atoms with Gasteiger partial charge in [-0.1, -0.05) is 0 Å². The molecule has 0 aliphatic rings. The predicted molar refractivity (Wildman–Crippen MR) is 98.9 cm³/mol. The van der Waals surface area contributed by atoms with Gasteiger partial charge >= 0.3 is 143 Å². The van der Waals surface area contributed by atoms with Crippen LogP contribution in [0.15, 0.2) is 72.8 Å². The molecule has 0 amide bonds. The average molecular weight is 498 g/mol. The van der Waals surface area contributed by atoms with Crippen molar-refractivity contribution in [1.82, 2.24) is 0 Å². The van der Waals surface area contributed by atoms with Crippen LogP contribution >= 0.6 is 0 Å². The standard InChI is InChI=1S/3C7H7.Bi.O/c3*1-7-5-3-2-4-6-7;;/h3*3-6H,1H3;;. The molecule has 0 N–H and O–H groups in total. The van der Waals surface area contributed by atoms with Gasteiger partial charge in [-0.15, -0.1) is 0 Å². The molecular weight excluding hydrogens is 477 g/mol. The minimum atomic E-state index is -4.19. The van der Waals surface area contributed by atoms with Gasteiger partial charge in [0.2, 0.25) is 0 Å². The van der Waals surface area contributed by atoms with Gasteiger partial charge in [0.1, 0.15) is 0 Å². The van der Waals surface area contributed by atoms with E-state index in [4.69, 9.17) is 0 Å². The van der Waals surface area contributed by atoms with E-state index in [0.717, 1.165) is 9.81 Å². The van der Waals surface area contributed by atoms with Gasteiger partial charge in [0.05, 0.1) is 0 Å². The minimum absolute atomic E-state index is 0.989. The normalized spacial score (nSPS) is 11.4. The third-order valence-electron chi connectivity index (χ3n) is 4.19. The summed E-state index contributed by atoms with van der Waals surface area (Å²) in [6.07, 6.45) is 0. The van der Waals surface area contributed by atoms with Crippen molar-refractivity contribution in [2.24, 2.45) is 0 Å². The van der Waals surface area contributed by atoms with E-state index in [1.54, 1.807) is 0 Å². The summed E-state index contributed by atoms with van der Waals surface area (Å²) < 4.78 is 17.2. The van der Waals surface area contributed by atoms with Crippen molar-refractivity contribution < 1.29 is 2.81 Å². The number of rotatable bonds is 3. The molecule has 3 aromatic carbocycles. The van der Waals surface area contributed by atoms with Crippen LogP contribution in [-0.4, -0.2) is 20.3 Å². The fourth-order valence-electron chi connectivity index (χ4n) is 2.71. The van der Waals surface area contributed by atoms with Crippen molar-refractivity contribution in [3.8, 4) is 0 Å². The van der Waals surface area contributed by atoms with Crippen molar-refractivity contribution in [2.75, 3.05) is 0 Å². The maximum atomic E-state index is 14.3. The summed E-state index contributed by atoms with van der Waals surface area (Å²) >= 11 is -4.19. The Kier molecular flexibility index (Phi) is 4.55. The third kappa shape index (κ3) is 3.19. The fraction of sp³-hybridized carbons (Fsp3) is 0.143. The molecule has 0 atom stereocenters. The molecule has 0 spiro atoms. The Balaban J connectivity index is 2.24. The van der Waals surface area contributed by atoms with Crippen molar-refractivity contribution >= 4 is 30.1 Å². The molecule has 0 aromatic heterocycles. The van der Waals surface area contributed by atoms with Gasteiger partial charge in [0.15, 0.2) is 0 Å². The zero-order valence-corrected chi connectivity index (χ0v) is 17.3. The first-order valence-electron chi connectivity index (χ1n) is 7.82. The maximum absolute atomic E-state index is 14.3. The number of hydrogen-bond donors (Lipinski definition) is 0. The molecule has 1 nitrogen and oxygen atoms in total. The first-order chi connectivity index (χ1) is 11.0. The molecule has 0 aliphatic carbocycles. The quantitative estimate of drug-likeness (QED) is 0.508. The van der Waals surface area contributed by atoms with Crippen molar-refractivity contribution in [2.45, 2.75) is 20.8 Å². The van der Waals surface area contributed by atoms with E-state index in [0.29, 0.717) is 0 Å². The van der Waals surface area contributed by atoms with Crippen LogP contribution in [0, 0.1) is 20.8 Å². The van der Waals surface area contributed by atoms with Gasteiger partial charge in [-0.2, -0.15) is 0 Å². The Labute approximate surface area is 142 Å². The van der Waals surface area contributed by atoms with Gasteiger partial charge in [-0.05, 0) is 0 Å². The fourth-order valence-corrected chi connectivity index (χ4v) is 12.8. The van der Waals surface area contributed by atoms with Crippen LogP contribution in [-0.2, 0) is 2.81 Å². The Morgan fingerprint density at radius 1 is 0.478 bits per heavy atom. The zero-order chi connectivity index (χ0) is 16.4. The summed E-state index contributed by atoms with van der Waals surface area (Å²) in [5.41, 5.74) is 3.57. The van der Waals surface area contributed by atoms with Crippen LogP contribution < -0.4 is 9.81 Å². The van der Waals surface area contributed by atoms with E-state index in [9.17, 15) is 2.81 Å². The van der Waals surface area contributed by atoms with Crippen LogP contribution in [0.25, 0.3) is 0 Å². The molecule has 0 heterocycles. The molecule has 0 unspecified atom stereocenters. The molecule has 2 heteroatoms. The van der Waals surface area contributed by atoms with Gasteiger partial charge < -0.3 is 0 Å². The summed E-state index contributed by atoms with van der Waals surface area (Å²) in [4.78, 5) is 0. The van der Waals surface area contributed by atoms with E-state index < -0.39 is 20.3 Å². The van der Waals surface area contributed by atoms with E-state index in [2.05, 4.69) is 57.2 Å². The number of aryl methyl sites for hydroxylation is 3. The molecule has 0 bridgehead atoms. The number of benzene rings is 3. The Morgan fingerprint density at radius 2 is 0.696 bits per heavy atom. The second-order valence-electron chi connectivity index (χ2n) is 6.12. The Bertz CT molecular complexity index is 726. The molecule has 0 saturated carbocycles. The molecule has 0 fully saturated rings. The second-order valence-corrected chi connectivity index (χ2v) is 16.9. The molecular formula is C21H21BiO. The van der Waals surface area contributed by atoms with E-state index in [1.807, 2.05) is 36.4 Å². The molecule has 3 aromatic rings. The van der Waals surface area contributed by atoms with Crippen molar-refractivity contribution in [3.05, 3.63) is 89.5 Å². The summed E-state index contributed by atoms with van der Waals surface area (Å²) in [7, 11) is 0. The first-order valence-corrected chi connectivity index (χ1v) is 14.5. The van der Waals surface area contributed by atoms with E-state index in [-0.39, 0.29) is 0 Å². The van der Waals surface area contributed by atoms with Crippen LogP contribution in [0.1, 0.15) is 16.7 Å². The van der Waals surface area contributed by atoms with Gasteiger partial charge in [-0.3, -0.25) is 0 Å². The third-order valence-corrected chi connectivity index (χ3v) is 16.2. The van der Waals surface area contributed by atoms with Crippen LogP contribution in [0.3, 0.4) is 0 Å². The molecule has 116 valence electrons. The van der Waals surface area contributed by atoms with Crippen molar-refractivity contribution in [3.63, 3.8) is 0 Å². The van der Waals surface area contributed by atoms with Crippen LogP contribution in [0.5, 0.6) is 0 Å². The SMILES string of the molecule is Cc1cc[c]([Bi](=[O])([c]2ccc(C)cc2)[c]2ccc(C)cc2)cc1. The van der Waals surface area contributed by atoms with Gasteiger partial charge in [-0.25, -0.2) is 0 Å². The van der Waals surface area contributed by atoms with Gasteiger partial charge in [0.25, 0.3) is 0 Å². The predicted octanol–water partition coefficient (Wildman–Crippen LogP) is 3.01. The van der Waals surface area contributed by atoms with Crippen LogP contribution in [0.4, 0.5) is 0 Å².